The molecular formula is C24H17FN2O5. The van der Waals surface area contributed by atoms with E-state index in [4.69, 9.17) is 9.47 Å². The zero-order valence-corrected chi connectivity index (χ0v) is 16.9. The number of halogens is 1. The predicted molar refractivity (Wildman–Crippen MR) is 116 cm³/mol. The quantitative estimate of drug-likeness (QED) is 0.237. The minimum absolute atomic E-state index is 0.00663. The Bertz CT molecular complexity index is 1270. The van der Waals surface area contributed by atoms with Crippen molar-refractivity contribution in [3.8, 4) is 5.75 Å². The summed E-state index contributed by atoms with van der Waals surface area (Å²) in [6.07, 6.45) is 1.53. The average Bonchev–Trinajstić information content (AvgIpc) is 3.14. The molecule has 0 atom stereocenters. The summed E-state index contributed by atoms with van der Waals surface area (Å²) in [4.78, 5) is 27.3. The highest BCUT2D eigenvalue weighted by Crippen LogP contribution is 2.28. The molecular weight excluding hydrogens is 415 g/mol. The molecule has 0 saturated heterocycles. The highest BCUT2D eigenvalue weighted by Gasteiger charge is 2.27. The number of esters is 1. The molecule has 3 aromatic rings. The van der Waals surface area contributed by atoms with Crippen LogP contribution in [0.2, 0.25) is 0 Å². The van der Waals surface area contributed by atoms with Gasteiger partial charge in [-0.15, -0.1) is 0 Å². The Morgan fingerprint density at radius 3 is 2.59 bits per heavy atom. The van der Waals surface area contributed by atoms with E-state index in [9.17, 15) is 19.3 Å². The van der Waals surface area contributed by atoms with Crippen LogP contribution in [0.4, 0.5) is 10.1 Å². The molecule has 0 N–H and O–H groups in total. The van der Waals surface area contributed by atoms with Crippen molar-refractivity contribution in [2.24, 2.45) is 4.99 Å². The van der Waals surface area contributed by atoms with Gasteiger partial charge in [-0.25, -0.2) is 14.2 Å². The summed E-state index contributed by atoms with van der Waals surface area (Å²) >= 11 is 0. The van der Waals surface area contributed by atoms with E-state index in [0.29, 0.717) is 22.4 Å². The van der Waals surface area contributed by atoms with Gasteiger partial charge >= 0.3 is 5.97 Å². The number of hydrogen-bond acceptors (Lipinski definition) is 6. The Kier molecular flexibility index (Phi) is 5.76. The first kappa shape index (κ1) is 20.9. The highest BCUT2D eigenvalue weighted by molar-refractivity contribution is 6.13. The molecule has 0 radical (unpaired) electrons. The number of nitrogens with zero attached hydrogens (tertiary/aromatic N) is 2. The van der Waals surface area contributed by atoms with Gasteiger partial charge in [0, 0.05) is 22.8 Å². The molecule has 0 bridgehead atoms. The Morgan fingerprint density at radius 2 is 1.84 bits per heavy atom. The summed E-state index contributed by atoms with van der Waals surface area (Å²) in [6.45, 7) is 1.79. The molecule has 160 valence electrons. The topological polar surface area (TPSA) is 91.0 Å². The second-order valence-electron chi connectivity index (χ2n) is 7.00. The van der Waals surface area contributed by atoms with E-state index in [1.54, 1.807) is 49.4 Å². The summed E-state index contributed by atoms with van der Waals surface area (Å²) in [5.41, 5.74) is 2.07. The van der Waals surface area contributed by atoms with E-state index in [0.717, 1.165) is 5.56 Å². The number of cyclic esters (lactones) is 1. The maximum Gasteiger partial charge on any atom is 0.363 e. The number of hydrogen-bond donors (Lipinski definition) is 0. The van der Waals surface area contributed by atoms with Crippen molar-refractivity contribution >= 4 is 23.6 Å². The minimum atomic E-state index is -0.667. The molecule has 0 unspecified atom stereocenters. The molecule has 32 heavy (non-hydrogen) atoms. The van der Waals surface area contributed by atoms with E-state index >= 15 is 0 Å². The fourth-order valence-corrected chi connectivity index (χ4v) is 3.20. The van der Waals surface area contributed by atoms with Crippen LogP contribution in [0.25, 0.3) is 6.08 Å². The normalized spacial score (nSPS) is 14.2. The van der Waals surface area contributed by atoms with Crippen molar-refractivity contribution in [3.63, 3.8) is 0 Å². The summed E-state index contributed by atoms with van der Waals surface area (Å²) in [5, 5.41) is 11.2. The van der Waals surface area contributed by atoms with Gasteiger partial charge in [0.1, 0.15) is 18.2 Å². The van der Waals surface area contributed by atoms with Crippen molar-refractivity contribution in [2.45, 2.75) is 13.5 Å². The lowest BCUT2D eigenvalue weighted by Crippen LogP contribution is -2.08. The maximum absolute atomic E-state index is 13.1. The molecule has 7 nitrogen and oxygen atoms in total. The van der Waals surface area contributed by atoms with Crippen molar-refractivity contribution in [1.82, 2.24) is 0 Å². The van der Waals surface area contributed by atoms with Crippen molar-refractivity contribution in [1.29, 1.82) is 0 Å². The number of aliphatic imine (C=N–C) groups is 1. The molecule has 3 aromatic carbocycles. The molecule has 1 aliphatic rings. The Hall–Kier alpha value is -4.33. The third kappa shape index (κ3) is 4.39. The van der Waals surface area contributed by atoms with E-state index in [2.05, 4.69) is 4.99 Å². The summed E-state index contributed by atoms with van der Waals surface area (Å²) in [6, 6.07) is 17.5. The lowest BCUT2D eigenvalue weighted by atomic mass is 10.1. The van der Waals surface area contributed by atoms with E-state index < -0.39 is 10.9 Å². The highest BCUT2D eigenvalue weighted by atomic mass is 19.1. The third-order valence-electron chi connectivity index (χ3n) is 4.87. The van der Waals surface area contributed by atoms with Crippen LogP contribution < -0.4 is 4.74 Å². The Balaban J connectivity index is 1.61. The minimum Gasteiger partial charge on any atom is -0.488 e. The first-order valence-corrected chi connectivity index (χ1v) is 9.65. The number of rotatable bonds is 6. The molecule has 0 spiro atoms. The SMILES string of the molecule is Cc1c(C2=N/C(=C\c3ccccc3OCc3ccc(F)cc3)C(=O)O2)cccc1[N+](=O)[O-]. The van der Waals surface area contributed by atoms with Crippen LogP contribution in [-0.4, -0.2) is 16.8 Å². The number of nitro benzene ring substituents is 1. The van der Waals surface area contributed by atoms with Crippen LogP contribution in [0, 0.1) is 22.9 Å². The Labute approximate surface area is 182 Å². The van der Waals surface area contributed by atoms with Gasteiger partial charge in [0.25, 0.3) is 5.69 Å². The first-order chi connectivity index (χ1) is 15.4. The molecule has 0 aromatic heterocycles. The number of carbonyl (C=O) groups is 1. The molecule has 1 heterocycles. The molecule has 0 aliphatic carbocycles. The molecule has 8 heteroatoms. The molecule has 0 fully saturated rings. The number of para-hydroxylation sites is 1. The van der Waals surface area contributed by atoms with Gasteiger partial charge in [0.2, 0.25) is 5.90 Å². The Morgan fingerprint density at radius 1 is 1.09 bits per heavy atom. The third-order valence-corrected chi connectivity index (χ3v) is 4.87. The predicted octanol–water partition coefficient (Wildman–Crippen LogP) is 4.97. The lowest BCUT2D eigenvalue weighted by molar-refractivity contribution is -0.385. The van der Waals surface area contributed by atoms with E-state index in [1.807, 2.05) is 0 Å². The van der Waals surface area contributed by atoms with Crippen LogP contribution in [0.1, 0.15) is 22.3 Å². The van der Waals surface area contributed by atoms with Gasteiger partial charge in [0.15, 0.2) is 5.70 Å². The largest absolute Gasteiger partial charge is 0.488 e. The van der Waals surface area contributed by atoms with Crippen LogP contribution in [0.3, 0.4) is 0 Å². The number of ether oxygens (including phenoxy) is 2. The first-order valence-electron chi connectivity index (χ1n) is 9.65. The monoisotopic (exact) mass is 432 g/mol. The maximum atomic E-state index is 13.1. The van der Waals surface area contributed by atoms with Gasteiger partial charge in [0.05, 0.1) is 4.92 Å². The smallest absolute Gasteiger partial charge is 0.363 e. The van der Waals surface area contributed by atoms with E-state index in [1.165, 1.54) is 30.3 Å². The summed E-state index contributed by atoms with van der Waals surface area (Å²) in [7, 11) is 0. The molecule has 1 aliphatic heterocycles. The lowest BCUT2D eigenvalue weighted by Gasteiger charge is -2.09. The fourth-order valence-electron chi connectivity index (χ4n) is 3.20. The summed E-state index contributed by atoms with van der Waals surface area (Å²) < 4.78 is 24.2. The molecule has 0 amide bonds. The van der Waals surface area contributed by atoms with Crippen LogP contribution in [0.15, 0.2) is 77.4 Å². The van der Waals surface area contributed by atoms with Crippen LogP contribution in [-0.2, 0) is 16.1 Å². The fraction of sp³-hybridized carbons (Fsp3) is 0.0833. The average molecular weight is 432 g/mol. The summed E-state index contributed by atoms with van der Waals surface area (Å²) in [5.74, 6) is -0.481. The second-order valence-corrected chi connectivity index (χ2v) is 7.00. The molecule has 0 saturated carbocycles. The van der Waals surface area contributed by atoms with Gasteiger partial charge in [-0.05, 0) is 42.8 Å². The zero-order chi connectivity index (χ0) is 22.7. The second kappa shape index (κ2) is 8.81. The van der Waals surface area contributed by atoms with E-state index in [-0.39, 0.29) is 29.7 Å². The van der Waals surface area contributed by atoms with Gasteiger partial charge < -0.3 is 9.47 Å². The van der Waals surface area contributed by atoms with Crippen LogP contribution in [0.5, 0.6) is 5.75 Å². The standard InChI is InChI=1S/C24H17FN2O5/c1-15-19(6-4-7-21(15)27(29)30)23-26-20(24(28)32-23)13-17-5-2-3-8-22(17)31-14-16-9-11-18(25)12-10-16/h2-13H,14H2,1H3/b20-13-. The molecule has 4 rings (SSSR count). The van der Waals surface area contributed by atoms with Crippen molar-refractivity contribution in [2.75, 3.05) is 0 Å². The van der Waals surface area contributed by atoms with Gasteiger partial charge in [-0.1, -0.05) is 36.4 Å². The number of carbonyl (C=O) groups excluding carboxylic acids is 1. The number of benzene rings is 3. The van der Waals surface area contributed by atoms with Crippen molar-refractivity contribution < 1.29 is 23.6 Å². The van der Waals surface area contributed by atoms with Crippen molar-refractivity contribution in [3.05, 3.63) is 111 Å². The van der Waals surface area contributed by atoms with Gasteiger partial charge in [-0.3, -0.25) is 10.1 Å². The van der Waals surface area contributed by atoms with Crippen LogP contribution >= 0.6 is 0 Å². The number of nitro groups is 1. The van der Waals surface area contributed by atoms with Gasteiger partial charge in [-0.2, -0.15) is 0 Å². The zero-order valence-electron chi connectivity index (χ0n) is 16.9.